The van der Waals surface area contributed by atoms with Gasteiger partial charge in [-0.1, -0.05) is 6.07 Å². The van der Waals surface area contributed by atoms with Gasteiger partial charge in [0.2, 0.25) is 0 Å². The number of likely N-dealkylation sites (N-methyl/N-ethyl adjacent to an activating group) is 1. The average molecular weight is 247 g/mol. The van der Waals surface area contributed by atoms with Crippen LogP contribution in [0.3, 0.4) is 0 Å². The van der Waals surface area contributed by atoms with Gasteiger partial charge in [-0.15, -0.1) is 0 Å². The van der Waals surface area contributed by atoms with Crippen molar-refractivity contribution in [1.82, 2.24) is 0 Å². The number of aliphatic carboxylic acids is 1. The summed E-state index contributed by atoms with van der Waals surface area (Å²) in [5, 5.41) is 8.78. The van der Waals surface area contributed by atoms with Crippen LogP contribution in [-0.2, 0) is 11.0 Å². The van der Waals surface area contributed by atoms with Crippen LogP contribution in [0.4, 0.5) is 18.9 Å². The summed E-state index contributed by atoms with van der Waals surface area (Å²) < 4.78 is 37.4. The van der Waals surface area contributed by atoms with Crippen molar-refractivity contribution in [3.8, 4) is 0 Å². The molecule has 0 radical (unpaired) electrons. The molecule has 0 spiro atoms. The molecule has 1 aromatic rings. The first-order valence-corrected chi connectivity index (χ1v) is 4.86. The molecule has 0 bridgehead atoms. The molecular weight excluding hydrogens is 235 g/mol. The topological polar surface area (TPSA) is 40.5 Å². The summed E-state index contributed by atoms with van der Waals surface area (Å²) >= 11 is 0. The van der Waals surface area contributed by atoms with E-state index in [0.29, 0.717) is 0 Å². The zero-order chi connectivity index (χ0) is 13.2. The molecule has 6 heteroatoms. The number of benzene rings is 1. The van der Waals surface area contributed by atoms with E-state index in [2.05, 4.69) is 0 Å². The van der Waals surface area contributed by atoms with Gasteiger partial charge in [-0.25, -0.2) is 4.79 Å². The lowest BCUT2D eigenvalue weighted by Crippen LogP contribution is -2.35. The molecule has 17 heavy (non-hydrogen) atoms. The van der Waals surface area contributed by atoms with E-state index in [-0.39, 0.29) is 5.69 Å². The van der Waals surface area contributed by atoms with Crippen molar-refractivity contribution in [2.75, 3.05) is 11.9 Å². The third-order valence-electron chi connectivity index (χ3n) is 2.52. The minimum atomic E-state index is -4.43. The molecule has 1 rings (SSSR count). The monoisotopic (exact) mass is 247 g/mol. The lowest BCUT2D eigenvalue weighted by Gasteiger charge is -2.24. The van der Waals surface area contributed by atoms with E-state index in [0.717, 1.165) is 12.1 Å². The molecule has 0 heterocycles. The Morgan fingerprint density at radius 1 is 1.41 bits per heavy atom. The molecule has 0 amide bonds. The second kappa shape index (κ2) is 4.65. The Morgan fingerprint density at radius 2 is 2.00 bits per heavy atom. The quantitative estimate of drug-likeness (QED) is 0.892. The van der Waals surface area contributed by atoms with Crippen LogP contribution in [0.1, 0.15) is 12.5 Å². The summed E-state index contributed by atoms with van der Waals surface area (Å²) in [6.07, 6.45) is -4.43. The van der Waals surface area contributed by atoms with E-state index < -0.39 is 23.8 Å². The highest BCUT2D eigenvalue weighted by Gasteiger charge is 2.31. The Bertz CT molecular complexity index is 417. The van der Waals surface area contributed by atoms with Crippen molar-refractivity contribution in [3.63, 3.8) is 0 Å². The Balaban J connectivity index is 3.04. The molecule has 1 aromatic carbocycles. The molecule has 1 atom stereocenters. The zero-order valence-corrected chi connectivity index (χ0v) is 9.32. The van der Waals surface area contributed by atoms with Gasteiger partial charge in [0.1, 0.15) is 6.04 Å². The van der Waals surface area contributed by atoms with Gasteiger partial charge in [-0.2, -0.15) is 13.2 Å². The molecule has 0 aliphatic heterocycles. The average Bonchev–Trinajstić information content (AvgIpc) is 2.26. The van der Waals surface area contributed by atoms with Gasteiger partial charge >= 0.3 is 12.1 Å². The van der Waals surface area contributed by atoms with Crippen molar-refractivity contribution in [2.45, 2.75) is 19.1 Å². The molecule has 0 fully saturated rings. The number of nitrogens with zero attached hydrogens (tertiary/aromatic N) is 1. The molecule has 0 aliphatic rings. The van der Waals surface area contributed by atoms with E-state index >= 15 is 0 Å². The van der Waals surface area contributed by atoms with E-state index in [4.69, 9.17) is 5.11 Å². The summed E-state index contributed by atoms with van der Waals surface area (Å²) in [6.45, 7) is 1.41. The number of carbonyl (C=O) groups is 1. The fourth-order valence-electron chi connectivity index (χ4n) is 1.29. The molecule has 0 unspecified atom stereocenters. The Kier molecular flexibility index (Phi) is 3.65. The van der Waals surface area contributed by atoms with Crippen molar-refractivity contribution in [2.24, 2.45) is 0 Å². The van der Waals surface area contributed by atoms with Crippen LogP contribution >= 0.6 is 0 Å². The van der Waals surface area contributed by atoms with Crippen LogP contribution < -0.4 is 4.90 Å². The number of hydrogen-bond donors (Lipinski definition) is 1. The second-order valence-corrected chi connectivity index (χ2v) is 3.67. The van der Waals surface area contributed by atoms with Gasteiger partial charge in [-0.05, 0) is 25.1 Å². The molecule has 0 aromatic heterocycles. The summed E-state index contributed by atoms with van der Waals surface area (Å²) in [5.41, 5.74) is -0.575. The van der Waals surface area contributed by atoms with Crippen LogP contribution in [0.15, 0.2) is 24.3 Å². The predicted octanol–water partition coefficient (Wildman–Crippen LogP) is 2.61. The number of anilines is 1. The molecule has 3 nitrogen and oxygen atoms in total. The Hall–Kier alpha value is -1.72. The van der Waals surface area contributed by atoms with Crippen molar-refractivity contribution in [1.29, 1.82) is 0 Å². The standard InChI is InChI=1S/C11H12F3NO2/c1-7(10(16)17)15(2)9-5-3-4-8(6-9)11(12,13)14/h3-7H,1-2H3,(H,16,17)/t7-/m1/s1. The maximum Gasteiger partial charge on any atom is 0.416 e. The van der Waals surface area contributed by atoms with Gasteiger partial charge < -0.3 is 10.0 Å². The van der Waals surface area contributed by atoms with Crippen molar-refractivity contribution >= 4 is 11.7 Å². The number of halogens is 3. The first-order chi connectivity index (χ1) is 7.73. The molecular formula is C11H12F3NO2. The number of carboxylic acid groups (broad SMARTS) is 1. The Labute approximate surface area is 96.5 Å². The van der Waals surface area contributed by atoms with Gasteiger partial charge in [0, 0.05) is 12.7 Å². The predicted molar refractivity (Wildman–Crippen MR) is 56.9 cm³/mol. The molecule has 94 valence electrons. The highest BCUT2D eigenvalue weighted by molar-refractivity contribution is 5.77. The largest absolute Gasteiger partial charge is 0.480 e. The third kappa shape index (κ3) is 3.12. The van der Waals surface area contributed by atoms with E-state index in [1.54, 1.807) is 0 Å². The molecule has 0 saturated heterocycles. The highest BCUT2D eigenvalue weighted by Crippen LogP contribution is 2.31. The third-order valence-corrected chi connectivity index (χ3v) is 2.52. The van der Waals surface area contributed by atoms with E-state index in [9.17, 15) is 18.0 Å². The molecule has 0 aliphatic carbocycles. The fourth-order valence-corrected chi connectivity index (χ4v) is 1.29. The fraction of sp³-hybridized carbons (Fsp3) is 0.364. The van der Waals surface area contributed by atoms with Crippen LogP contribution in [0.2, 0.25) is 0 Å². The number of alkyl halides is 3. The highest BCUT2D eigenvalue weighted by atomic mass is 19.4. The first kappa shape index (κ1) is 13.3. The Morgan fingerprint density at radius 3 is 2.47 bits per heavy atom. The summed E-state index contributed by atoms with van der Waals surface area (Å²) in [5.74, 6) is -1.09. The van der Waals surface area contributed by atoms with Gasteiger partial charge in [0.05, 0.1) is 5.56 Å². The number of hydrogen-bond acceptors (Lipinski definition) is 2. The zero-order valence-electron chi connectivity index (χ0n) is 9.32. The molecule has 1 N–H and O–H groups in total. The van der Waals surface area contributed by atoms with E-state index in [1.165, 1.54) is 31.0 Å². The van der Waals surface area contributed by atoms with Crippen LogP contribution in [0.25, 0.3) is 0 Å². The van der Waals surface area contributed by atoms with Gasteiger partial charge in [0.25, 0.3) is 0 Å². The second-order valence-electron chi connectivity index (χ2n) is 3.67. The maximum absolute atomic E-state index is 12.5. The lowest BCUT2D eigenvalue weighted by molar-refractivity contribution is -0.138. The van der Waals surface area contributed by atoms with Crippen LogP contribution in [0.5, 0.6) is 0 Å². The smallest absolute Gasteiger partial charge is 0.416 e. The lowest BCUT2D eigenvalue weighted by atomic mass is 10.1. The van der Waals surface area contributed by atoms with Gasteiger partial charge in [0.15, 0.2) is 0 Å². The van der Waals surface area contributed by atoms with Crippen molar-refractivity contribution < 1.29 is 23.1 Å². The van der Waals surface area contributed by atoms with E-state index in [1.807, 2.05) is 0 Å². The first-order valence-electron chi connectivity index (χ1n) is 4.86. The normalized spacial score (nSPS) is 13.2. The van der Waals surface area contributed by atoms with Gasteiger partial charge in [-0.3, -0.25) is 0 Å². The number of carboxylic acids is 1. The minimum Gasteiger partial charge on any atom is -0.480 e. The maximum atomic E-state index is 12.5. The summed E-state index contributed by atoms with van der Waals surface area (Å²) in [4.78, 5) is 12.0. The summed E-state index contributed by atoms with van der Waals surface area (Å²) in [6, 6.07) is 3.68. The SMILES string of the molecule is C[C@H](C(=O)O)N(C)c1cccc(C(F)(F)F)c1. The van der Waals surface area contributed by atoms with Crippen molar-refractivity contribution in [3.05, 3.63) is 29.8 Å². The van der Waals surface area contributed by atoms with Crippen LogP contribution in [0, 0.1) is 0 Å². The van der Waals surface area contributed by atoms with Crippen LogP contribution in [-0.4, -0.2) is 24.2 Å². The molecule has 0 saturated carbocycles. The minimum absolute atomic E-state index is 0.217. The number of rotatable bonds is 3. The summed E-state index contributed by atoms with van der Waals surface area (Å²) in [7, 11) is 1.44.